The fourth-order valence-corrected chi connectivity index (χ4v) is 1.29. The SMILES string of the molecule is CCCCNC(=O)c1cc(F)cnc1NC. The first-order valence-electron chi connectivity index (χ1n) is 5.30. The lowest BCUT2D eigenvalue weighted by Crippen LogP contribution is -2.25. The minimum Gasteiger partial charge on any atom is -0.372 e. The number of hydrogen-bond donors (Lipinski definition) is 2. The monoisotopic (exact) mass is 225 g/mol. The Balaban J connectivity index is 2.76. The van der Waals surface area contributed by atoms with Gasteiger partial charge < -0.3 is 10.6 Å². The van der Waals surface area contributed by atoms with E-state index in [1.54, 1.807) is 7.05 Å². The van der Waals surface area contributed by atoms with Gasteiger partial charge in [-0.1, -0.05) is 13.3 Å². The van der Waals surface area contributed by atoms with E-state index in [0.717, 1.165) is 19.0 Å². The Bertz CT molecular complexity index is 368. The molecule has 0 saturated heterocycles. The Morgan fingerprint density at radius 3 is 2.94 bits per heavy atom. The molecular formula is C11H16FN3O. The van der Waals surface area contributed by atoms with Crippen molar-refractivity contribution in [1.82, 2.24) is 10.3 Å². The summed E-state index contributed by atoms with van der Waals surface area (Å²) in [5.41, 5.74) is 0.235. The summed E-state index contributed by atoms with van der Waals surface area (Å²) >= 11 is 0. The lowest BCUT2D eigenvalue weighted by molar-refractivity contribution is 0.0953. The van der Waals surface area contributed by atoms with Gasteiger partial charge in [-0.2, -0.15) is 0 Å². The van der Waals surface area contributed by atoms with Gasteiger partial charge in [0.2, 0.25) is 0 Å². The molecule has 1 aromatic heterocycles. The van der Waals surface area contributed by atoms with Crippen LogP contribution >= 0.6 is 0 Å². The Hall–Kier alpha value is -1.65. The molecule has 88 valence electrons. The van der Waals surface area contributed by atoms with E-state index in [4.69, 9.17) is 0 Å². The number of nitrogens with one attached hydrogen (secondary N) is 2. The van der Waals surface area contributed by atoms with Gasteiger partial charge in [0.15, 0.2) is 0 Å². The van der Waals surface area contributed by atoms with Crippen molar-refractivity contribution in [3.63, 3.8) is 0 Å². The largest absolute Gasteiger partial charge is 0.372 e. The number of anilines is 1. The fraction of sp³-hybridized carbons (Fsp3) is 0.455. The van der Waals surface area contributed by atoms with Crippen molar-refractivity contribution in [3.8, 4) is 0 Å². The van der Waals surface area contributed by atoms with Gasteiger partial charge in [0, 0.05) is 13.6 Å². The highest BCUT2D eigenvalue weighted by Crippen LogP contribution is 2.12. The van der Waals surface area contributed by atoms with Crippen molar-refractivity contribution in [1.29, 1.82) is 0 Å². The molecule has 1 aromatic rings. The van der Waals surface area contributed by atoms with Crippen LogP contribution in [-0.2, 0) is 0 Å². The number of hydrogen-bond acceptors (Lipinski definition) is 3. The standard InChI is InChI=1S/C11H16FN3O/c1-3-4-5-14-11(16)9-6-8(12)7-15-10(9)13-2/h6-7H,3-5H2,1-2H3,(H,13,15)(H,14,16). The van der Waals surface area contributed by atoms with E-state index in [0.29, 0.717) is 12.4 Å². The second kappa shape index (κ2) is 6.05. The van der Waals surface area contributed by atoms with Crippen LogP contribution < -0.4 is 10.6 Å². The number of halogens is 1. The van der Waals surface area contributed by atoms with Crippen LogP contribution in [0.3, 0.4) is 0 Å². The van der Waals surface area contributed by atoms with E-state index < -0.39 is 5.82 Å². The molecular weight excluding hydrogens is 209 g/mol. The minimum absolute atomic E-state index is 0.235. The maximum absolute atomic E-state index is 13.0. The van der Waals surface area contributed by atoms with E-state index in [-0.39, 0.29) is 11.5 Å². The second-order valence-electron chi connectivity index (χ2n) is 3.41. The number of aromatic nitrogens is 1. The summed E-state index contributed by atoms with van der Waals surface area (Å²) in [6.45, 7) is 2.63. The van der Waals surface area contributed by atoms with Gasteiger partial charge in [-0.25, -0.2) is 9.37 Å². The zero-order valence-electron chi connectivity index (χ0n) is 9.51. The molecule has 0 aliphatic rings. The van der Waals surface area contributed by atoms with Gasteiger partial charge in [-0.05, 0) is 12.5 Å². The molecule has 1 rings (SSSR count). The molecule has 16 heavy (non-hydrogen) atoms. The van der Waals surface area contributed by atoms with Gasteiger partial charge in [0.05, 0.1) is 11.8 Å². The third-order valence-electron chi connectivity index (χ3n) is 2.15. The molecule has 0 atom stereocenters. The van der Waals surface area contributed by atoms with Gasteiger partial charge in [-0.3, -0.25) is 4.79 Å². The number of carbonyl (C=O) groups excluding carboxylic acids is 1. The zero-order valence-corrected chi connectivity index (χ0v) is 9.51. The first kappa shape index (κ1) is 12.4. The number of unbranched alkanes of at least 4 members (excludes halogenated alkanes) is 1. The smallest absolute Gasteiger partial charge is 0.255 e. The Kier molecular flexibility index (Phi) is 4.69. The number of carbonyl (C=O) groups is 1. The Morgan fingerprint density at radius 1 is 1.56 bits per heavy atom. The van der Waals surface area contributed by atoms with Crippen LogP contribution in [0.2, 0.25) is 0 Å². The second-order valence-corrected chi connectivity index (χ2v) is 3.41. The first-order chi connectivity index (χ1) is 7.69. The van der Waals surface area contributed by atoms with Crippen molar-refractivity contribution in [2.45, 2.75) is 19.8 Å². The summed E-state index contributed by atoms with van der Waals surface area (Å²) in [6, 6.07) is 1.18. The van der Waals surface area contributed by atoms with Crippen molar-refractivity contribution >= 4 is 11.7 Å². The molecule has 5 heteroatoms. The van der Waals surface area contributed by atoms with Gasteiger partial charge in [-0.15, -0.1) is 0 Å². The summed E-state index contributed by atoms with van der Waals surface area (Å²) in [7, 11) is 1.64. The third kappa shape index (κ3) is 3.18. The van der Waals surface area contributed by atoms with Crippen molar-refractivity contribution in [3.05, 3.63) is 23.6 Å². The van der Waals surface area contributed by atoms with E-state index in [9.17, 15) is 9.18 Å². The van der Waals surface area contributed by atoms with Gasteiger partial charge in [0.25, 0.3) is 5.91 Å². The number of rotatable bonds is 5. The highest BCUT2D eigenvalue weighted by Gasteiger charge is 2.12. The van der Waals surface area contributed by atoms with E-state index >= 15 is 0 Å². The topological polar surface area (TPSA) is 54.0 Å². The van der Waals surface area contributed by atoms with E-state index in [2.05, 4.69) is 15.6 Å². The molecule has 0 aromatic carbocycles. The summed E-state index contributed by atoms with van der Waals surface area (Å²) in [4.78, 5) is 15.5. The highest BCUT2D eigenvalue weighted by molar-refractivity contribution is 5.98. The predicted molar refractivity (Wildman–Crippen MR) is 61.0 cm³/mol. The maximum atomic E-state index is 13.0. The summed E-state index contributed by atoms with van der Waals surface area (Å²) < 4.78 is 13.0. The van der Waals surface area contributed by atoms with Crippen molar-refractivity contribution in [2.75, 3.05) is 18.9 Å². The molecule has 0 unspecified atom stereocenters. The zero-order chi connectivity index (χ0) is 12.0. The van der Waals surface area contributed by atoms with E-state index in [1.165, 1.54) is 6.07 Å². The van der Waals surface area contributed by atoms with Crippen LogP contribution in [0.1, 0.15) is 30.1 Å². The Labute approximate surface area is 94.3 Å². The molecule has 0 aliphatic heterocycles. The third-order valence-corrected chi connectivity index (χ3v) is 2.15. The highest BCUT2D eigenvalue weighted by atomic mass is 19.1. The molecule has 0 aliphatic carbocycles. The lowest BCUT2D eigenvalue weighted by atomic mass is 10.2. The molecule has 0 fully saturated rings. The van der Waals surface area contributed by atoms with Crippen LogP contribution in [0, 0.1) is 5.82 Å². The molecule has 0 spiro atoms. The predicted octanol–water partition coefficient (Wildman–Crippen LogP) is 1.79. The number of pyridine rings is 1. The molecule has 0 bridgehead atoms. The average molecular weight is 225 g/mol. The number of amides is 1. The van der Waals surface area contributed by atoms with Crippen LogP contribution in [-0.4, -0.2) is 24.5 Å². The molecule has 1 amide bonds. The molecule has 0 saturated carbocycles. The van der Waals surface area contributed by atoms with E-state index in [1.807, 2.05) is 6.92 Å². The molecule has 4 nitrogen and oxygen atoms in total. The van der Waals surface area contributed by atoms with Crippen LogP contribution in [0.5, 0.6) is 0 Å². The Morgan fingerprint density at radius 2 is 2.31 bits per heavy atom. The van der Waals surface area contributed by atoms with Crippen LogP contribution in [0.25, 0.3) is 0 Å². The minimum atomic E-state index is -0.514. The summed E-state index contributed by atoms with van der Waals surface area (Å²) in [5, 5.41) is 5.47. The van der Waals surface area contributed by atoms with Crippen molar-refractivity contribution < 1.29 is 9.18 Å². The van der Waals surface area contributed by atoms with Crippen LogP contribution in [0.4, 0.5) is 10.2 Å². The first-order valence-corrected chi connectivity index (χ1v) is 5.30. The lowest BCUT2D eigenvalue weighted by Gasteiger charge is -2.08. The molecule has 1 heterocycles. The average Bonchev–Trinajstić information content (AvgIpc) is 2.29. The normalized spacial score (nSPS) is 9.94. The summed E-state index contributed by atoms with van der Waals surface area (Å²) in [5.74, 6) is -0.431. The van der Waals surface area contributed by atoms with Gasteiger partial charge in [0.1, 0.15) is 11.6 Å². The maximum Gasteiger partial charge on any atom is 0.255 e. The van der Waals surface area contributed by atoms with Crippen LogP contribution in [0.15, 0.2) is 12.3 Å². The van der Waals surface area contributed by atoms with Gasteiger partial charge >= 0.3 is 0 Å². The summed E-state index contributed by atoms with van der Waals surface area (Å²) in [6.07, 6.45) is 2.98. The molecule has 0 radical (unpaired) electrons. The fourth-order valence-electron chi connectivity index (χ4n) is 1.29. The number of nitrogens with zero attached hydrogens (tertiary/aromatic N) is 1. The van der Waals surface area contributed by atoms with Crippen molar-refractivity contribution in [2.24, 2.45) is 0 Å². The molecule has 2 N–H and O–H groups in total. The quantitative estimate of drug-likeness (QED) is 0.751.